The van der Waals surface area contributed by atoms with Crippen molar-refractivity contribution in [2.75, 3.05) is 19.8 Å². The molecule has 2 N–H and O–H groups in total. The van der Waals surface area contributed by atoms with Gasteiger partial charge in [0.2, 0.25) is 0 Å². The molecule has 22 heavy (non-hydrogen) atoms. The summed E-state index contributed by atoms with van der Waals surface area (Å²) in [6.07, 6.45) is 8.18. The van der Waals surface area contributed by atoms with Crippen LogP contribution in [0.2, 0.25) is 0 Å². The van der Waals surface area contributed by atoms with Crippen molar-refractivity contribution in [1.29, 1.82) is 0 Å². The van der Waals surface area contributed by atoms with Crippen molar-refractivity contribution in [3.05, 3.63) is 0 Å². The van der Waals surface area contributed by atoms with E-state index in [-0.39, 0.29) is 13.2 Å². The van der Waals surface area contributed by atoms with Crippen LogP contribution < -0.4 is 0 Å². The van der Waals surface area contributed by atoms with Crippen LogP contribution in [0.3, 0.4) is 0 Å². The SMILES string of the molecule is CCCCCCCCCCCCOCC(O)COP(=O)(O)Br. The fraction of sp³-hybridized carbons (Fsp3) is 1.00. The number of rotatable bonds is 16. The van der Waals surface area contributed by atoms with Gasteiger partial charge in [-0.15, -0.1) is 0 Å². The largest absolute Gasteiger partial charge is 0.393 e. The first-order chi connectivity index (χ1) is 10.5. The molecule has 0 bridgehead atoms. The second-order valence-electron chi connectivity index (χ2n) is 5.66. The quantitative estimate of drug-likeness (QED) is 0.286. The van der Waals surface area contributed by atoms with E-state index in [4.69, 9.17) is 9.63 Å². The lowest BCUT2D eigenvalue weighted by atomic mass is 10.1. The summed E-state index contributed by atoms with van der Waals surface area (Å²) >= 11 is 2.48. The van der Waals surface area contributed by atoms with E-state index in [0.717, 1.165) is 12.8 Å². The molecule has 0 aromatic rings. The van der Waals surface area contributed by atoms with Gasteiger partial charge >= 0.3 is 6.30 Å². The first kappa shape index (κ1) is 22.6. The van der Waals surface area contributed by atoms with Crippen molar-refractivity contribution in [2.45, 2.75) is 77.2 Å². The zero-order valence-corrected chi connectivity index (χ0v) is 16.2. The van der Waals surface area contributed by atoms with E-state index >= 15 is 0 Å². The summed E-state index contributed by atoms with van der Waals surface area (Å²) in [6, 6.07) is 0. The summed E-state index contributed by atoms with van der Waals surface area (Å²) < 4.78 is 20.7. The second kappa shape index (κ2) is 15.1. The molecule has 0 rings (SSSR count). The second-order valence-corrected chi connectivity index (χ2v) is 9.51. The van der Waals surface area contributed by atoms with Gasteiger partial charge in [0.15, 0.2) is 0 Å². The van der Waals surface area contributed by atoms with Gasteiger partial charge in [0.05, 0.1) is 13.2 Å². The van der Waals surface area contributed by atoms with Crippen molar-refractivity contribution >= 4 is 21.8 Å². The molecule has 0 spiro atoms. The van der Waals surface area contributed by atoms with Crippen LogP contribution in [-0.4, -0.2) is 35.9 Å². The molecule has 0 aliphatic rings. The lowest BCUT2D eigenvalue weighted by molar-refractivity contribution is 0.0101. The molecule has 2 unspecified atom stereocenters. The summed E-state index contributed by atoms with van der Waals surface area (Å²) in [4.78, 5) is 8.84. The third kappa shape index (κ3) is 18.6. The molecular formula is C15H32BrO5P. The van der Waals surface area contributed by atoms with Crippen molar-refractivity contribution in [1.82, 2.24) is 0 Å². The van der Waals surface area contributed by atoms with Crippen LogP contribution in [0.15, 0.2) is 0 Å². The number of aliphatic hydroxyl groups is 1. The Kier molecular flexibility index (Phi) is 15.5. The molecule has 134 valence electrons. The van der Waals surface area contributed by atoms with Crippen LogP contribution in [0.25, 0.3) is 0 Å². The molecule has 5 nitrogen and oxygen atoms in total. The predicted octanol–water partition coefficient (Wildman–Crippen LogP) is 4.80. The molecule has 0 saturated carbocycles. The Morgan fingerprint density at radius 1 is 0.955 bits per heavy atom. The normalized spacial score (nSPS) is 15.6. The fourth-order valence-corrected chi connectivity index (χ4v) is 2.85. The highest BCUT2D eigenvalue weighted by atomic mass is 79.9. The van der Waals surface area contributed by atoms with Gasteiger partial charge in [0.1, 0.15) is 6.10 Å². The Labute approximate surface area is 143 Å². The van der Waals surface area contributed by atoms with Crippen LogP contribution in [0, 0.1) is 0 Å². The topological polar surface area (TPSA) is 76.0 Å². The maximum absolute atomic E-state index is 10.8. The van der Waals surface area contributed by atoms with Crippen LogP contribution in [0.1, 0.15) is 71.1 Å². The zero-order valence-electron chi connectivity index (χ0n) is 13.7. The molecule has 0 radical (unpaired) electrons. The van der Waals surface area contributed by atoms with E-state index in [1.54, 1.807) is 0 Å². The van der Waals surface area contributed by atoms with Gasteiger partial charge < -0.3 is 14.7 Å². The molecule has 0 heterocycles. The van der Waals surface area contributed by atoms with Crippen molar-refractivity contribution in [2.24, 2.45) is 0 Å². The number of ether oxygens (including phenoxy) is 1. The van der Waals surface area contributed by atoms with Gasteiger partial charge in [-0.25, -0.2) is 4.57 Å². The highest BCUT2D eigenvalue weighted by Gasteiger charge is 2.16. The minimum Gasteiger partial charge on any atom is -0.388 e. The average molecular weight is 403 g/mol. The van der Waals surface area contributed by atoms with Gasteiger partial charge in [-0.3, -0.25) is 4.52 Å². The van der Waals surface area contributed by atoms with Crippen LogP contribution in [-0.2, 0) is 13.8 Å². The maximum Gasteiger partial charge on any atom is 0.393 e. The predicted molar refractivity (Wildman–Crippen MR) is 93.4 cm³/mol. The number of hydrogen-bond donors (Lipinski definition) is 2. The monoisotopic (exact) mass is 402 g/mol. The lowest BCUT2D eigenvalue weighted by Crippen LogP contribution is -2.21. The minimum atomic E-state index is -3.69. The van der Waals surface area contributed by atoms with Gasteiger partial charge in [-0.1, -0.05) is 64.7 Å². The number of aliphatic hydroxyl groups excluding tert-OH is 1. The highest BCUT2D eigenvalue weighted by molar-refractivity contribution is 9.39. The molecule has 0 aromatic heterocycles. The fourth-order valence-electron chi connectivity index (χ4n) is 2.14. The third-order valence-corrected chi connectivity index (χ3v) is 4.46. The Bertz CT molecular complexity index is 285. The number of hydrogen-bond acceptors (Lipinski definition) is 4. The van der Waals surface area contributed by atoms with Crippen LogP contribution in [0.5, 0.6) is 0 Å². The average Bonchev–Trinajstić information content (AvgIpc) is 2.45. The summed E-state index contributed by atoms with van der Waals surface area (Å²) in [6.45, 7) is 2.76. The molecule has 0 aliphatic heterocycles. The van der Waals surface area contributed by atoms with E-state index in [1.807, 2.05) is 0 Å². The van der Waals surface area contributed by atoms with Crippen LogP contribution in [0.4, 0.5) is 0 Å². The Morgan fingerprint density at radius 3 is 1.95 bits per heavy atom. The molecule has 0 aromatic carbocycles. The first-order valence-electron chi connectivity index (χ1n) is 8.38. The summed E-state index contributed by atoms with van der Waals surface area (Å²) in [5, 5.41) is 9.47. The number of halogens is 1. The Balaban J connectivity index is 3.18. The number of unbranched alkanes of at least 4 members (excludes halogenated alkanes) is 9. The smallest absolute Gasteiger partial charge is 0.388 e. The minimum absolute atomic E-state index is 0.129. The Hall–Kier alpha value is 0.550. The van der Waals surface area contributed by atoms with Gasteiger partial charge in [0.25, 0.3) is 0 Å². The molecule has 0 amide bonds. The van der Waals surface area contributed by atoms with E-state index in [9.17, 15) is 9.67 Å². The van der Waals surface area contributed by atoms with Gasteiger partial charge in [-0.2, -0.15) is 0 Å². The van der Waals surface area contributed by atoms with E-state index in [2.05, 4.69) is 26.9 Å². The van der Waals surface area contributed by atoms with Crippen LogP contribution >= 0.6 is 21.8 Å². The maximum atomic E-state index is 10.8. The van der Waals surface area contributed by atoms with Gasteiger partial charge in [-0.05, 0) is 6.42 Å². The van der Waals surface area contributed by atoms with Crippen molar-refractivity contribution in [3.8, 4) is 0 Å². The summed E-state index contributed by atoms with van der Waals surface area (Å²) in [7, 11) is 0. The lowest BCUT2D eigenvalue weighted by Gasteiger charge is -2.12. The van der Waals surface area contributed by atoms with E-state index in [0.29, 0.717) is 6.61 Å². The molecular weight excluding hydrogens is 371 g/mol. The molecule has 7 heteroatoms. The molecule has 0 saturated heterocycles. The zero-order chi connectivity index (χ0) is 16.7. The molecule has 2 atom stereocenters. The van der Waals surface area contributed by atoms with E-state index < -0.39 is 12.4 Å². The summed E-state index contributed by atoms with van der Waals surface area (Å²) in [5.74, 6) is 0. The van der Waals surface area contributed by atoms with Crippen molar-refractivity contribution in [3.63, 3.8) is 0 Å². The summed E-state index contributed by atoms with van der Waals surface area (Å²) in [5.41, 5.74) is 0. The first-order valence-corrected chi connectivity index (χ1v) is 12.0. The standard InChI is InChI=1S/C15H32BrO5P/c1-2-3-4-5-6-7-8-9-10-11-12-20-13-15(17)14-21-22(16,18)19/h15,17H,2-14H2,1H3,(H,18,19). The van der Waals surface area contributed by atoms with E-state index in [1.165, 1.54) is 51.4 Å². The van der Waals surface area contributed by atoms with Gasteiger partial charge in [0, 0.05) is 22.1 Å². The Morgan fingerprint density at radius 2 is 1.45 bits per heavy atom. The molecule has 0 aliphatic carbocycles. The molecule has 0 fully saturated rings. The highest BCUT2D eigenvalue weighted by Crippen LogP contribution is 2.50. The third-order valence-electron chi connectivity index (χ3n) is 3.38. The van der Waals surface area contributed by atoms with Crippen molar-refractivity contribution < 1.29 is 23.8 Å².